The average molecular weight is 196 g/mol. The summed E-state index contributed by atoms with van der Waals surface area (Å²) in [6.45, 7) is 4.23. The highest BCUT2D eigenvalue weighted by molar-refractivity contribution is 7.14. The Kier molecular flexibility index (Phi) is 4.16. The van der Waals surface area contributed by atoms with Crippen LogP contribution >= 0.6 is 11.3 Å². The molecule has 0 amide bonds. The molecule has 0 N–H and O–H groups in total. The predicted octanol–water partition coefficient (Wildman–Crippen LogP) is 3.68. The van der Waals surface area contributed by atoms with Crippen molar-refractivity contribution in [2.45, 2.75) is 39.5 Å². The highest BCUT2D eigenvalue weighted by Gasteiger charge is 2.07. The lowest BCUT2D eigenvalue weighted by molar-refractivity contribution is 0.0983. The minimum Gasteiger partial charge on any atom is -0.293 e. The van der Waals surface area contributed by atoms with Crippen molar-refractivity contribution in [2.24, 2.45) is 0 Å². The predicted molar refractivity (Wildman–Crippen MR) is 57.6 cm³/mol. The molecule has 0 bridgehead atoms. The van der Waals surface area contributed by atoms with E-state index in [-0.39, 0.29) is 0 Å². The van der Waals surface area contributed by atoms with Gasteiger partial charge in [-0.15, -0.1) is 11.3 Å². The van der Waals surface area contributed by atoms with Crippen LogP contribution in [0.2, 0.25) is 0 Å². The first-order valence-electron chi connectivity index (χ1n) is 4.89. The molecule has 1 rings (SSSR count). The van der Waals surface area contributed by atoms with Crippen molar-refractivity contribution >= 4 is 17.1 Å². The van der Waals surface area contributed by atoms with Crippen molar-refractivity contribution in [1.29, 1.82) is 0 Å². The van der Waals surface area contributed by atoms with Crippen molar-refractivity contribution in [3.8, 4) is 0 Å². The van der Waals surface area contributed by atoms with E-state index in [9.17, 15) is 4.79 Å². The number of hydrogen-bond acceptors (Lipinski definition) is 2. The second-order valence-corrected chi connectivity index (χ2v) is 4.31. The average Bonchev–Trinajstić information content (AvgIpc) is 2.62. The van der Waals surface area contributed by atoms with Crippen LogP contribution < -0.4 is 0 Å². The van der Waals surface area contributed by atoms with Crippen LogP contribution in [0.3, 0.4) is 0 Å². The van der Waals surface area contributed by atoms with Gasteiger partial charge in [0.25, 0.3) is 0 Å². The van der Waals surface area contributed by atoms with Crippen LogP contribution in [0, 0.1) is 0 Å². The Hall–Kier alpha value is -0.630. The molecular weight excluding hydrogens is 180 g/mol. The molecule has 0 fully saturated rings. The van der Waals surface area contributed by atoms with Crippen LogP contribution in [0.15, 0.2) is 12.1 Å². The van der Waals surface area contributed by atoms with Gasteiger partial charge in [-0.1, -0.05) is 20.3 Å². The maximum atomic E-state index is 11.5. The van der Waals surface area contributed by atoms with Crippen molar-refractivity contribution < 1.29 is 4.79 Å². The third-order valence-corrected chi connectivity index (χ3v) is 3.31. The number of ketones is 1. The number of rotatable bonds is 5. The Balaban J connectivity index is 2.55. The van der Waals surface area contributed by atoms with Gasteiger partial charge in [0, 0.05) is 11.3 Å². The van der Waals surface area contributed by atoms with Crippen molar-refractivity contribution in [2.75, 3.05) is 0 Å². The van der Waals surface area contributed by atoms with Gasteiger partial charge in [-0.25, -0.2) is 0 Å². The quantitative estimate of drug-likeness (QED) is 0.656. The molecule has 72 valence electrons. The molecule has 1 heterocycles. The van der Waals surface area contributed by atoms with Crippen LogP contribution in [0.25, 0.3) is 0 Å². The number of carbonyl (C=O) groups excluding carboxylic acids is 1. The highest BCUT2D eigenvalue weighted by Crippen LogP contribution is 2.19. The molecule has 0 radical (unpaired) electrons. The second kappa shape index (κ2) is 5.18. The zero-order chi connectivity index (χ0) is 9.68. The third-order valence-electron chi connectivity index (χ3n) is 2.04. The van der Waals surface area contributed by atoms with Crippen molar-refractivity contribution in [3.05, 3.63) is 21.9 Å². The molecule has 0 saturated heterocycles. The van der Waals surface area contributed by atoms with E-state index < -0.39 is 0 Å². The zero-order valence-electron chi connectivity index (χ0n) is 8.30. The van der Waals surface area contributed by atoms with Gasteiger partial charge < -0.3 is 0 Å². The zero-order valence-corrected chi connectivity index (χ0v) is 9.12. The van der Waals surface area contributed by atoms with Gasteiger partial charge in [0.1, 0.15) is 0 Å². The first kappa shape index (κ1) is 10.5. The molecule has 0 unspecified atom stereocenters. The Morgan fingerprint density at radius 2 is 2.15 bits per heavy atom. The van der Waals surface area contributed by atoms with Crippen LogP contribution in [-0.2, 0) is 6.42 Å². The molecule has 1 nitrogen and oxygen atoms in total. The van der Waals surface area contributed by atoms with E-state index in [1.165, 1.54) is 4.88 Å². The van der Waals surface area contributed by atoms with Gasteiger partial charge in [0.15, 0.2) is 5.78 Å². The largest absolute Gasteiger partial charge is 0.293 e. The molecule has 13 heavy (non-hydrogen) atoms. The van der Waals surface area contributed by atoms with E-state index in [4.69, 9.17) is 0 Å². The lowest BCUT2D eigenvalue weighted by atomic mass is 10.1. The van der Waals surface area contributed by atoms with Gasteiger partial charge in [0.05, 0.1) is 4.88 Å². The minimum atomic E-state index is 0.312. The molecule has 0 aliphatic heterocycles. The van der Waals surface area contributed by atoms with Crippen molar-refractivity contribution in [3.63, 3.8) is 0 Å². The van der Waals surface area contributed by atoms with E-state index >= 15 is 0 Å². The summed E-state index contributed by atoms with van der Waals surface area (Å²) < 4.78 is 0. The Morgan fingerprint density at radius 1 is 1.38 bits per heavy atom. The monoisotopic (exact) mass is 196 g/mol. The maximum Gasteiger partial charge on any atom is 0.172 e. The number of aryl methyl sites for hydroxylation is 1. The molecule has 0 atom stereocenters. The van der Waals surface area contributed by atoms with Crippen molar-refractivity contribution in [1.82, 2.24) is 0 Å². The first-order chi connectivity index (χ1) is 6.27. The number of hydrogen-bond donors (Lipinski definition) is 0. The lowest BCUT2D eigenvalue weighted by Crippen LogP contribution is -1.94. The molecule has 0 spiro atoms. The summed E-state index contributed by atoms with van der Waals surface area (Å²) in [7, 11) is 0. The van der Waals surface area contributed by atoms with Gasteiger partial charge in [-0.2, -0.15) is 0 Å². The van der Waals surface area contributed by atoms with Gasteiger partial charge in [-0.3, -0.25) is 4.79 Å². The summed E-state index contributed by atoms with van der Waals surface area (Å²) in [6, 6.07) is 4.02. The SMILES string of the molecule is CCCCC(=O)c1ccc(CC)s1. The standard InChI is InChI=1S/C11H16OS/c1-3-5-6-10(12)11-8-7-9(4-2)13-11/h7-8H,3-6H2,1-2H3. The smallest absolute Gasteiger partial charge is 0.172 e. The van der Waals surface area contributed by atoms with Crippen LogP contribution in [0.5, 0.6) is 0 Å². The van der Waals surface area contributed by atoms with E-state index in [1.54, 1.807) is 11.3 Å². The fourth-order valence-corrected chi connectivity index (χ4v) is 2.09. The van der Waals surface area contributed by atoms with Gasteiger partial charge >= 0.3 is 0 Å². The molecular formula is C11H16OS. The van der Waals surface area contributed by atoms with Gasteiger partial charge in [-0.05, 0) is 25.0 Å². The molecule has 1 aromatic heterocycles. The molecule has 1 aromatic rings. The topological polar surface area (TPSA) is 17.1 Å². The summed E-state index contributed by atoms with van der Waals surface area (Å²) in [4.78, 5) is 13.8. The van der Waals surface area contributed by atoms with E-state index in [0.717, 1.165) is 24.1 Å². The van der Waals surface area contributed by atoms with E-state index in [2.05, 4.69) is 19.9 Å². The summed E-state index contributed by atoms with van der Waals surface area (Å²) in [5.74, 6) is 0.312. The summed E-state index contributed by atoms with van der Waals surface area (Å²) >= 11 is 1.64. The molecule has 0 aliphatic rings. The fourth-order valence-electron chi connectivity index (χ4n) is 1.18. The van der Waals surface area contributed by atoms with E-state index in [0.29, 0.717) is 12.2 Å². The third kappa shape index (κ3) is 2.96. The van der Waals surface area contributed by atoms with Crippen LogP contribution in [0.4, 0.5) is 0 Å². The summed E-state index contributed by atoms with van der Waals surface area (Å²) in [6.07, 6.45) is 3.85. The Bertz CT molecular complexity index is 275. The number of thiophene rings is 1. The number of Topliss-reactive ketones (excluding diaryl/α,β-unsaturated/α-hetero) is 1. The highest BCUT2D eigenvalue weighted by atomic mass is 32.1. The second-order valence-electron chi connectivity index (χ2n) is 3.15. The minimum absolute atomic E-state index is 0.312. The number of unbranched alkanes of at least 4 members (excludes halogenated alkanes) is 1. The molecule has 2 heteroatoms. The Labute approximate surface area is 83.8 Å². The Morgan fingerprint density at radius 3 is 2.69 bits per heavy atom. The maximum absolute atomic E-state index is 11.5. The lowest BCUT2D eigenvalue weighted by Gasteiger charge is -1.94. The first-order valence-corrected chi connectivity index (χ1v) is 5.71. The molecule has 0 aromatic carbocycles. The molecule has 0 aliphatic carbocycles. The van der Waals surface area contributed by atoms with Gasteiger partial charge in [0.2, 0.25) is 0 Å². The summed E-state index contributed by atoms with van der Waals surface area (Å²) in [5.41, 5.74) is 0. The van der Waals surface area contributed by atoms with E-state index in [1.807, 2.05) is 6.07 Å². The van der Waals surface area contributed by atoms with Crippen LogP contribution in [-0.4, -0.2) is 5.78 Å². The normalized spacial score (nSPS) is 10.3. The summed E-state index contributed by atoms with van der Waals surface area (Å²) in [5, 5.41) is 0. The number of carbonyl (C=O) groups is 1. The fraction of sp³-hybridized carbons (Fsp3) is 0.545. The molecule has 0 saturated carbocycles. The van der Waals surface area contributed by atoms with Crippen LogP contribution in [0.1, 0.15) is 47.7 Å².